The van der Waals surface area contributed by atoms with Crippen molar-refractivity contribution in [2.45, 2.75) is 91.8 Å². The molecule has 0 bridgehead atoms. The van der Waals surface area contributed by atoms with Gasteiger partial charge in [0.15, 0.2) is 5.60 Å². The predicted octanol–water partition coefficient (Wildman–Crippen LogP) is 7.87. The number of carbonyl (C=O) groups excluding carboxylic acids is 2. The fourth-order valence-electron chi connectivity index (χ4n) is 4.27. The lowest BCUT2D eigenvalue weighted by Gasteiger charge is -2.29. The Bertz CT molecular complexity index is 1400. The first-order valence-electron chi connectivity index (χ1n) is 14.1. The number of aryl methyl sites for hydroxylation is 1. The first-order chi connectivity index (χ1) is 19.8. The molecule has 0 aliphatic rings. The van der Waals surface area contributed by atoms with E-state index in [-0.39, 0.29) is 24.7 Å². The van der Waals surface area contributed by atoms with Gasteiger partial charge in [-0.3, -0.25) is 9.69 Å². The number of amides is 1. The van der Waals surface area contributed by atoms with Crippen LogP contribution in [0.3, 0.4) is 0 Å². The summed E-state index contributed by atoms with van der Waals surface area (Å²) in [7, 11) is 0. The Hall–Kier alpha value is -3.79. The number of hydrogen-bond donors (Lipinski definition) is 1. The van der Waals surface area contributed by atoms with Crippen LogP contribution in [0.5, 0.6) is 5.75 Å². The summed E-state index contributed by atoms with van der Waals surface area (Å²) in [4.78, 5) is 27.4. The highest BCUT2D eigenvalue weighted by Gasteiger charge is 2.36. The lowest BCUT2D eigenvalue weighted by molar-refractivity contribution is -0.171. The Labute approximate surface area is 251 Å². The van der Waals surface area contributed by atoms with E-state index in [9.17, 15) is 22.8 Å². The topological polar surface area (TPSA) is 81.0 Å². The van der Waals surface area contributed by atoms with Gasteiger partial charge in [0.25, 0.3) is 0 Å². The molecule has 0 aliphatic heterocycles. The summed E-state index contributed by atoms with van der Waals surface area (Å²) in [5.74, 6) is 0.580. The standard InChI is InChI=1S/C33H41F3N2O5/c1-21(2)24-12-16-28(27(17-24)33(34,35)36)37-29(39)20-38(19-26-13-9-22(3)41-26)18-23-10-14-25(15-11-23)42-32(7,8)30(40)43-31(4,5)6/h9-17,21H,18-20H2,1-8H3,(H,37,39). The molecule has 3 rings (SSSR count). The molecular formula is C33H41F3N2O5. The van der Waals surface area contributed by atoms with E-state index < -0.39 is 34.8 Å². The average Bonchev–Trinajstić information content (AvgIpc) is 3.27. The summed E-state index contributed by atoms with van der Waals surface area (Å²) in [6.45, 7) is 14.4. The molecule has 0 aliphatic carbocycles. The molecule has 1 amide bonds. The second-order valence-corrected chi connectivity index (χ2v) is 12.4. The largest absolute Gasteiger partial charge is 0.476 e. The van der Waals surface area contributed by atoms with Crippen LogP contribution in [-0.2, 0) is 33.6 Å². The van der Waals surface area contributed by atoms with Crippen LogP contribution in [0.2, 0.25) is 0 Å². The minimum Gasteiger partial charge on any atom is -0.476 e. The Kier molecular flexibility index (Phi) is 10.4. The highest BCUT2D eigenvalue weighted by atomic mass is 19.4. The van der Waals surface area contributed by atoms with Crippen LogP contribution in [0.4, 0.5) is 18.9 Å². The Morgan fingerprint density at radius 3 is 2.12 bits per heavy atom. The molecule has 1 aromatic heterocycles. The van der Waals surface area contributed by atoms with Crippen LogP contribution in [-0.4, -0.2) is 34.5 Å². The van der Waals surface area contributed by atoms with E-state index in [0.717, 1.165) is 11.6 Å². The number of carbonyl (C=O) groups is 2. The second kappa shape index (κ2) is 13.2. The van der Waals surface area contributed by atoms with E-state index in [2.05, 4.69) is 5.32 Å². The SMILES string of the molecule is Cc1ccc(CN(CC(=O)Nc2ccc(C(C)C)cc2C(F)(F)F)Cc2ccc(OC(C)(C)C(=O)OC(C)(C)C)cc2)o1. The van der Waals surface area contributed by atoms with Crippen LogP contribution < -0.4 is 10.1 Å². The molecule has 10 heteroatoms. The summed E-state index contributed by atoms with van der Waals surface area (Å²) >= 11 is 0. The number of esters is 1. The van der Waals surface area contributed by atoms with Crippen molar-refractivity contribution in [3.63, 3.8) is 0 Å². The minimum absolute atomic E-state index is 0.0988. The van der Waals surface area contributed by atoms with Crippen molar-refractivity contribution >= 4 is 17.6 Å². The predicted molar refractivity (Wildman–Crippen MR) is 159 cm³/mol. The van der Waals surface area contributed by atoms with Crippen molar-refractivity contribution in [3.8, 4) is 5.75 Å². The third-order valence-electron chi connectivity index (χ3n) is 6.43. The van der Waals surface area contributed by atoms with Gasteiger partial charge in [-0.2, -0.15) is 13.2 Å². The van der Waals surface area contributed by atoms with Gasteiger partial charge in [0.2, 0.25) is 5.91 Å². The molecule has 0 saturated heterocycles. The zero-order valence-electron chi connectivity index (χ0n) is 26.0. The minimum atomic E-state index is -4.62. The highest BCUT2D eigenvalue weighted by molar-refractivity contribution is 5.93. The van der Waals surface area contributed by atoms with E-state index in [0.29, 0.717) is 29.4 Å². The zero-order chi connectivity index (χ0) is 32.2. The van der Waals surface area contributed by atoms with Crippen LogP contribution in [0.25, 0.3) is 0 Å². The molecule has 0 atom stereocenters. The van der Waals surface area contributed by atoms with Gasteiger partial charge in [-0.05, 0) is 95.0 Å². The molecule has 0 spiro atoms. The van der Waals surface area contributed by atoms with Gasteiger partial charge in [-0.25, -0.2) is 4.79 Å². The van der Waals surface area contributed by atoms with Crippen LogP contribution in [0, 0.1) is 6.92 Å². The van der Waals surface area contributed by atoms with Gasteiger partial charge >= 0.3 is 12.1 Å². The number of halogens is 3. The van der Waals surface area contributed by atoms with Crippen LogP contribution in [0.1, 0.15) is 82.6 Å². The van der Waals surface area contributed by atoms with E-state index in [1.54, 1.807) is 88.9 Å². The Morgan fingerprint density at radius 2 is 1.58 bits per heavy atom. The highest BCUT2D eigenvalue weighted by Crippen LogP contribution is 2.37. The maximum Gasteiger partial charge on any atom is 0.418 e. The van der Waals surface area contributed by atoms with Crippen molar-refractivity contribution in [1.82, 2.24) is 4.90 Å². The maximum atomic E-state index is 13.8. The monoisotopic (exact) mass is 602 g/mol. The van der Waals surface area contributed by atoms with Crippen molar-refractivity contribution < 1.29 is 36.7 Å². The van der Waals surface area contributed by atoms with Gasteiger partial charge < -0.3 is 19.2 Å². The lowest BCUT2D eigenvalue weighted by Crippen LogP contribution is -2.43. The third kappa shape index (κ3) is 10.2. The number of rotatable bonds is 11. The molecule has 0 fully saturated rings. The molecule has 234 valence electrons. The smallest absolute Gasteiger partial charge is 0.418 e. The quantitative estimate of drug-likeness (QED) is 0.225. The Morgan fingerprint density at radius 1 is 0.930 bits per heavy atom. The van der Waals surface area contributed by atoms with Crippen LogP contribution in [0.15, 0.2) is 59.0 Å². The first kappa shape index (κ1) is 33.7. The number of nitrogens with zero attached hydrogens (tertiary/aromatic N) is 1. The van der Waals surface area contributed by atoms with Crippen LogP contribution >= 0.6 is 0 Å². The molecule has 7 nitrogen and oxygen atoms in total. The van der Waals surface area contributed by atoms with Gasteiger partial charge in [0.1, 0.15) is 22.9 Å². The number of ether oxygens (including phenoxy) is 2. The van der Waals surface area contributed by atoms with Crippen molar-refractivity contribution in [3.05, 3.63) is 82.8 Å². The van der Waals surface area contributed by atoms with Gasteiger partial charge in [0, 0.05) is 6.54 Å². The van der Waals surface area contributed by atoms with Crippen molar-refractivity contribution in [1.29, 1.82) is 0 Å². The summed E-state index contributed by atoms with van der Waals surface area (Å²) in [5, 5.41) is 2.46. The fourth-order valence-corrected chi connectivity index (χ4v) is 4.27. The Balaban J connectivity index is 1.76. The molecular weight excluding hydrogens is 561 g/mol. The van der Waals surface area contributed by atoms with Crippen molar-refractivity contribution in [2.24, 2.45) is 0 Å². The molecule has 1 N–H and O–H groups in total. The fraction of sp³-hybridized carbons (Fsp3) is 0.455. The number of alkyl halides is 3. The summed E-state index contributed by atoms with van der Waals surface area (Å²) in [6.07, 6.45) is -4.62. The average molecular weight is 603 g/mol. The second-order valence-electron chi connectivity index (χ2n) is 12.4. The van der Waals surface area contributed by atoms with E-state index in [4.69, 9.17) is 13.9 Å². The van der Waals surface area contributed by atoms with E-state index >= 15 is 0 Å². The third-order valence-corrected chi connectivity index (χ3v) is 6.43. The van der Waals surface area contributed by atoms with Gasteiger partial charge in [-0.15, -0.1) is 0 Å². The number of anilines is 1. The molecule has 2 aromatic carbocycles. The summed E-state index contributed by atoms with van der Waals surface area (Å²) in [6, 6.07) is 14.6. The maximum absolute atomic E-state index is 13.8. The molecule has 0 radical (unpaired) electrons. The first-order valence-corrected chi connectivity index (χ1v) is 14.1. The zero-order valence-corrected chi connectivity index (χ0v) is 26.0. The normalized spacial score (nSPS) is 12.5. The number of furan rings is 1. The molecule has 1 heterocycles. The lowest BCUT2D eigenvalue weighted by atomic mass is 9.99. The molecule has 3 aromatic rings. The summed E-state index contributed by atoms with van der Waals surface area (Å²) in [5.41, 5.74) is -1.71. The van der Waals surface area contributed by atoms with Crippen molar-refractivity contribution in [2.75, 3.05) is 11.9 Å². The summed E-state index contributed by atoms with van der Waals surface area (Å²) < 4.78 is 58.5. The van der Waals surface area contributed by atoms with E-state index in [1.165, 1.54) is 6.07 Å². The number of benzene rings is 2. The number of hydrogen-bond acceptors (Lipinski definition) is 6. The van der Waals surface area contributed by atoms with E-state index in [1.807, 2.05) is 13.8 Å². The number of nitrogens with one attached hydrogen (secondary N) is 1. The molecule has 43 heavy (non-hydrogen) atoms. The van der Waals surface area contributed by atoms with Gasteiger partial charge in [0.05, 0.1) is 24.3 Å². The molecule has 0 unspecified atom stereocenters. The molecule has 0 saturated carbocycles. The van der Waals surface area contributed by atoms with Gasteiger partial charge in [-0.1, -0.05) is 32.0 Å².